The molecule has 17 heavy (non-hydrogen) atoms. The summed E-state index contributed by atoms with van der Waals surface area (Å²) in [6.45, 7) is 3.26. The van der Waals surface area contributed by atoms with Crippen molar-refractivity contribution in [3.05, 3.63) is 5.02 Å². The summed E-state index contributed by atoms with van der Waals surface area (Å²) in [5.41, 5.74) is 0. The Hall–Kier alpha value is 0.260. The van der Waals surface area contributed by atoms with Crippen LogP contribution >= 0.6 is 29.9 Å². The van der Waals surface area contributed by atoms with Gasteiger partial charge >= 0.3 is 0 Å². The zero-order valence-corrected chi connectivity index (χ0v) is 13.7. The van der Waals surface area contributed by atoms with Gasteiger partial charge in [-0.25, -0.2) is 0 Å². The molecule has 0 aliphatic rings. The van der Waals surface area contributed by atoms with Crippen LogP contribution in [0.2, 0.25) is 5.02 Å². The molecule has 0 bridgehead atoms. The highest BCUT2D eigenvalue weighted by atomic mass is 35.5. The molecule has 4 nitrogen and oxygen atoms in total. The lowest BCUT2D eigenvalue weighted by atomic mass is 10.5. The van der Waals surface area contributed by atoms with Gasteiger partial charge in [0.05, 0.1) is 6.10 Å². The number of hydrogen-bond donors (Lipinski definition) is 0. The van der Waals surface area contributed by atoms with E-state index in [-0.39, 0.29) is 6.10 Å². The van der Waals surface area contributed by atoms with Crippen molar-refractivity contribution in [3.63, 3.8) is 0 Å². The van der Waals surface area contributed by atoms with Gasteiger partial charge in [0.15, 0.2) is 0 Å². The van der Waals surface area contributed by atoms with Gasteiger partial charge in [0.2, 0.25) is 6.49 Å². The number of thioether (sulfide) groups is 1. The topological polar surface area (TPSA) is 36.3 Å². The molecule has 1 unspecified atom stereocenters. The SMILES string of the molecule is CSc1c(Cl)c(OP(C)(=S)OC(C)C)nn1C. The molecule has 0 fully saturated rings. The normalized spacial score (nSPS) is 15.0. The lowest BCUT2D eigenvalue weighted by molar-refractivity contribution is 0.243. The molecule has 0 N–H and O–H groups in total. The molecular formula is C9H16ClN2O2PS2. The Morgan fingerprint density at radius 3 is 2.53 bits per heavy atom. The highest BCUT2D eigenvalue weighted by Crippen LogP contribution is 2.48. The zero-order valence-electron chi connectivity index (χ0n) is 10.4. The third-order valence-electron chi connectivity index (χ3n) is 1.76. The van der Waals surface area contributed by atoms with E-state index in [1.54, 1.807) is 11.3 Å². The van der Waals surface area contributed by atoms with Gasteiger partial charge in [-0.2, -0.15) is 0 Å². The van der Waals surface area contributed by atoms with Crippen molar-refractivity contribution in [2.45, 2.75) is 25.0 Å². The largest absolute Gasteiger partial charge is 0.423 e. The number of rotatable bonds is 5. The van der Waals surface area contributed by atoms with Crippen LogP contribution in [-0.4, -0.2) is 28.8 Å². The number of halogens is 1. The van der Waals surface area contributed by atoms with Crippen LogP contribution in [0, 0.1) is 0 Å². The van der Waals surface area contributed by atoms with Gasteiger partial charge in [-0.3, -0.25) is 4.68 Å². The first-order valence-electron chi connectivity index (χ1n) is 4.99. The minimum atomic E-state index is -2.35. The summed E-state index contributed by atoms with van der Waals surface area (Å²) < 4.78 is 12.9. The van der Waals surface area contributed by atoms with E-state index in [0.29, 0.717) is 10.9 Å². The van der Waals surface area contributed by atoms with Crippen LogP contribution in [0.15, 0.2) is 5.03 Å². The molecule has 98 valence electrons. The van der Waals surface area contributed by atoms with Crippen molar-refractivity contribution in [2.24, 2.45) is 7.05 Å². The van der Waals surface area contributed by atoms with Crippen molar-refractivity contribution < 1.29 is 9.05 Å². The second-order valence-corrected chi connectivity index (χ2v) is 8.87. The van der Waals surface area contributed by atoms with E-state index in [0.717, 1.165) is 5.03 Å². The fraction of sp³-hybridized carbons (Fsp3) is 0.667. The molecule has 1 aromatic rings. The molecule has 1 aromatic heterocycles. The Morgan fingerprint density at radius 2 is 2.12 bits per heavy atom. The number of aryl methyl sites for hydroxylation is 1. The maximum atomic E-state index is 6.16. The zero-order chi connectivity index (χ0) is 13.2. The Balaban J connectivity index is 2.92. The molecule has 0 aliphatic carbocycles. The van der Waals surface area contributed by atoms with Crippen LogP contribution in [0.4, 0.5) is 0 Å². The van der Waals surface area contributed by atoms with E-state index in [4.69, 9.17) is 32.5 Å². The van der Waals surface area contributed by atoms with Crippen LogP contribution < -0.4 is 4.52 Å². The van der Waals surface area contributed by atoms with Gasteiger partial charge in [-0.05, 0) is 31.9 Å². The molecular weight excluding hydrogens is 299 g/mol. The Bertz CT molecular complexity index is 450. The molecule has 8 heteroatoms. The average molecular weight is 315 g/mol. The molecule has 1 heterocycles. The summed E-state index contributed by atoms with van der Waals surface area (Å²) >= 11 is 13.0. The number of hydrogen-bond acceptors (Lipinski definition) is 5. The first kappa shape index (κ1) is 15.3. The summed E-state index contributed by atoms with van der Waals surface area (Å²) in [7, 11) is 1.81. The van der Waals surface area contributed by atoms with Crippen molar-refractivity contribution in [3.8, 4) is 5.88 Å². The maximum absolute atomic E-state index is 6.16. The van der Waals surface area contributed by atoms with Gasteiger partial charge in [-0.1, -0.05) is 11.6 Å². The molecule has 0 spiro atoms. The van der Waals surface area contributed by atoms with Gasteiger partial charge in [0.25, 0.3) is 5.88 Å². The van der Waals surface area contributed by atoms with Gasteiger partial charge in [0, 0.05) is 13.7 Å². The molecule has 0 amide bonds. The quantitative estimate of drug-likeness (QED) is 0.614. The molecule has 0 radical (unpaired) electrons. The van der Waals surface area contributed by atoms with Gasteiger partial charge < -0.3 is 9.05 Å². The summed E-state index contributed by atoms with van der Waals surface area (Å²) in [5, 5.41) is 5.53. The molecule has 1 rings (SSSR count). The fourth-order valence-electron chi connectivity index (χ4n) is 1.30. The molecule has 0 saturated carbocycles. The first-order chi connectivity index (χ1) is 7.76. The van der Waals surface area contributed by atoms with Crippen molar-refractivity contribution in [2.75, 3.05) is 12.9 Å². The summed E-state index contributed by atoms with van der Waals surface area (Å²) in [5.74, 6) is 0.352. The molecule has 0 aliphatic heterocycles. The lowest BCUT2D eigenvalue weighted by Crippen LogP contribution is -2.04. The lowest BCUT2D eigenvalue weighted by Gasteiger charge is -2.19. The van der Waals surface area contributed by atoms with Gasteiger partial charge in [-0.15, -0.1) is 16.9 Å². The average Bonchev–Trinajstić information content (AvgIpc) is 2.38. The summed E-state index contributed by atoms with van der Waals surface area (Å²) in [6.07, 6.45) is 1.95. The van der Waals surface area contributed by atoms with Crippen molar-refractivity contribution >= 4 is 41.7 Å². The first-order valence-corrected chi connectivity index (χ1v) is 9.67. The van der Waals surface area contributed by atoms with Gasteiger partial charge in [0.1, 0.15) is 10.0 Å². The number of aromatic nitrogens is 2. The summed E-state index contributed by atoms with van der Waals surface area (Å²) in [6, 6.07) is 0. The second-order valence-electron chi connectivity index (χ2n) is 3.77. The minimum Gasteiger partial charge on any atom is -0.423 e. The van der Waals surface area contributed by atoms with E-state index in [2.05, 4.69) is 5.10 Å². The Morgan fingerprint density at radius 1 is 1.53 bits per heavy atom. The van der Waals surface area contributed by atoms with Crippen molar-refractivity contribution in [1.29, 1.82) is 0 Å². The smallest absolute Gasteiger partial charge is 0.258 e. The van der Waals surface area contributed by atoms with E-state index in [1.165, 1.54) is 11.8 Å². The monoisotopic (exact) mass is 314 g/mol. The number of nitrogens with zero attached hydrogens (tertiary/aromatic N) is 2. The predicted octanol–water partition coefficient (Wildman–Crippen LogP) is 3.54. The third-order valence-corrected chi connectivity index (χ3v) is 4.86. The van der Waals surface area contributed by atoms with E-state index in [9.17, 15) is 0 Å². The molecule has 0 saturated heterocycles. The van der Waals surface area contributed by atoms with Crippen LogP contribution in [0.3, 0.4) is 0 Å². The summed E-state index contributed by atoms with van der Waals surface area (Å²) in [4.78, 5) is 0. The highest BCUT2D eigenvalue weighted by Gasteiger charge is 2.22. The van der Waals surface area contributed by atoms with Crippen LogP contribution in [0.25, 0.3) is 0 Å². The maximum Gasteiger partial charge on any atom is 0.258 e. The van der Waals surface area contributed by atoms with E-state index < -0.39 is 6.49 Å². The third kappa shape index (κ3) is 4.14. The van der Waals surface area contributed by atoms with Crippen LogP contribution in [0.1, 0.15) is 13.8 Å². The highest BCUT2D eigenvalue weighted by molar-refractivity contribution is 8.09. The van der Waals surface area contributed by atoms with Crippen LogP contribution in [-0.2, 0) is 23.4 Å². The van der Waals surface area contributed by atoms with Crippen molar-refractivity contribution in [1.82, 2.24) is 9.78 Å². The molecule has 0 aromatic carbocycles. The molecule has 1 atom stereocenters. The second kappa shape index (κ2) is 5.93. The minimum absolute atomic E-state index is 0.0216. The van der Waals surface area contributed by atoms with E-state index >= 15 is 0 Å². The van der Waals surface area contributed by atoms with E-state index in [1.807, 2.05) is 27.2 Å². The Labute approximate surface area is 116 Å². The Kier molecular flexibility index (Phi) is 5.35. The predicted molar refractivity (Wildman–Crippen MR) is 77.1 cm³/mol. The van der Waals surface area contributed by atoms with Crippen LogP contribution in [0.5, 0.6) is 5.88 Å². The standard InChI is InChI=1S/C9H16ClN2O2PS2/c1-6(2)13-15(4,16)14-8-7(10)9(17-5)12(3)11-8/h6H,1-5H3. The fourth-order valence-corrected chi connectivity index (χ4v) is 4.34.